The Morgan fingerprint density at radius 1 is 0.439 bits per heavy atom. The molecule has 10 aromatic carbocycles. The molecule has 310 valence electrons. The van der Waals surface area contributed by atoms with Crippen LogP contribution in [-0.4, -0.2) is 11.7 Å². The lowest BCUT2D eigenvalue weighted by Gasteiger charge is -2.15. The van der Waals surface area contributed by atoms with Crippen LogP contribution in [0.25, 0.3) is 77.2 Å². The molecule has 0 aliphatic rings. The smallest absolute Gasteiger partial charge is 0.157 e. The summed E-state index contributed by atoms with van der Waals surface area (Å²) in [5.41, 5.74) is 20.7. The van der Waals surface area contributed by atoms with Crippen molar-refractivity contribution in [1.82, 2.24) is 0 Å². The minimum atomic E-state index is 0.366. The number of amidine groups is 2. The van der Waals surface area contributed by atoms with E-state index in [-0.39, 0.29) is 0 Å². The summed E-state index contributed by atoms with van der Waals surface area (Å²) >= 11 is 0. The fourth-order valence-corrected chi connectivity index (χ4v) is 8.75. The van der Waals surface area contributed by atoms with Crippen molar-refractivity contribution in [2.24, 2.45) is 15.7 Å². The maximum atomic E-state index is 10.5. The average molecular weight is 844 g/mol. The monoisotopic (exact) mass is 843 g/mol. The Hall–Kier alpha value is -9.16. The van der Waals surface area contributed by atoms with E-state index in [1.54, 1.807) is 0 Å². The first-order chi connectivity index (χ1) is 32.5. The van der Waals surface area contributed by atoms with Gasteiger partial charge in [-0.15, -0.1) is 0 Å². The molecule has 0 radical (unpaired) electrons. The van der Waals surface area contributed by atoms with Gasteiger partial charge in [-0.25, -0.2) is 4.99 Å². The molecule has 0 bridgehead atoms. The minimum Gasteiger partial charge on any atom is -0.383 e. The third-order valence-electron chi connectivity index (χ3n) is 12.0. The second-order valence-electron chi connectivity index (χ2n) is 16.2. The number of hydrogen-bond donors (Lipinski definition) is 1. The highest BCUT2D eigenvalue weighted by atomic mass is 15.0. The molecule has 5 nitrogen and oxygen atoms in total. The van der Waals surface area contributed by atoms with E-state index in [0.717, 1.165) is 66.8 Å². The molecule has 0 aliphatic heterocycles. The molecule has 0 unspecified atom stereocenters. The molecule has 0 aromatic heterocycles. The summed E-state index contributed by atoms with van der Waals surface area (Å²) < 4.78 is 0. The Morgan fingerprint density at radius 2 is 1.05 bits per heavy atom. The number of benzene rings is 10. The predicted molar refractivity (Wildman–Crippen MR) is 272 cm³/mol. The topological polar surface area (TPSA) is 98.3 Å². The predicted octanol–water partition coefficient (Wildman–Crippen LogP) is 14.4. The molecule has 5 heteroatoms. The van der Waals surface area contributed by atoms with Crippen molar-refractivity contribution in [2.45, 2.75) is 6.54 Å². The van der Waals surface area contributed by atoms with Gasteiger partial charge < -0.3 is 5.73 Å². The van der Waals surface area contributed by atoms with Gasteiger partial charge in [0.2, 0.25) is 0 Å². The van der Waals surface area contributed by atoms with Gasteiger partial charge in [-0.05, 0) is 114 Å². The SMILES string of the molecule is N#Cc1ccc(-c2cccc(CN=C(N=C(N)c3ccccc3)c3ccc(-c4cccc(C#N)c4-c4cccc(-c5cccc(-c6cccc7ccc8ccccc8c67)c5)c4)cc3)c2)cc1. The van der Waals surface area contributed by atoms with Gasteiger partial charge in [0, 0.05) is 16.7 Å². The van der Waals surface area contributed by atoms with Gasteiger partial charge in [0.05, 0.1) is 29.8 Å². The second-order valence-corrected chi connectivity index (χ2v) is 16.2. The second kappa shape index (κ2) is 18.3. The maximum absolute atomic E-state index is 10.5. The third kappa shape index (κ3) is 8.37. The fourth-order valence-electron chi connectivity index (χ4n) is 8.75. The zero-order valence-corrected chi connectivity index (χ0v) is 35.9. The zero-order chi connectivity index (χ0) is 44.8. The van der Waals surface area contributed by atoms with Crippen LogP contribution in [0, 0.1) is 22.7 Å². The van der Waals surface area contributed by atoms with Crippen molar-refractivity contribution in [3.63, 3.8) is 0 Å². The molecule has 0 heterocycles. The van der Waals surface area contributed by atoms with Gasteiger partial charge in [0.25, 0.3) is 0 Å². The van der Waals surface area contributed by atoms with Crippen LogP contribution in [0.4, 0.5) is 0 Å². The molecule has 0 aliphatic carbocycles. The number of hydrogen-bond acceptors (Lipinski definition) is 3. The maximum Gasteiger partial charge on any atom is 0.157 e. The molecule has 2 N–H and O–H groups in total. The number of aliphatic imine (C=N–C) groups is 2. The van der Waals surface area contributed by atoms with Crippen molar-refractivity contribution in [3.8, 4) is 67.8 Å². The molecule has 0 amide bonds. The van der Waals surface area contributed by atoms with E-state index in [4.69, 9.17) is 15.7 Å². The zero-order valence-electron chi connectivity index (χ0n) is 35.9. The Labute approximate surface area is 384 Å². The standard InChI is InChI=1S/C61H41N5/c62-38-41-25-27-43(28-26-41)49-16-6-11-42(35-49)40-65-61(66-60(64)47-13-2-1-3-14-47)48-33-30-45(31-34-48)55-23-10-21-54(39-63)58(55)53-20-8-18-51(37-53)50-17-7-19-52(36-50)57-24-9-15-46-32-29-44-12-4-5-22-56(44)59(46)57/h1-37H,40H2,(H2,64,65,66). The molecule has 0 saturated carbocycles. The van der Waals surface area contributed by atoms with Gasteiger partial charge in [-0.2, -0.15) is 10.5 Å². The van der Waals surface area contributed by atoms with Crippen molar-refractivity contribution < 1.29 is 0 Å². The quantitative estimate of drug-likeness (QED) is 0.0890. The number of nitriles is 2. The van der Waals surface area contributed by atoms with Crippen molar-refractivity contribution in [3.05, 3.63) is 252 Å². The van der Waals surface area contributed by atoms with Crippen LogP contribution in [-0.2, 0) is 6.54 Å². The summed E-state index contributed by atoms with van der Waals surface area (Å²) in [6.45, 7) is 0.374. The lowest BCUT2D eigenvalue weighted by atomic mass is 9.88. The Kier molecular flexibility index (Phi) is 11.3. The Balaban J connectivity index is 0.992. The number of fused-ring (bicyclic) bond motifs is 3. The third-order valence-corrected chi connectivity index (χ3v) is 12.0. The number of nitrogens with zero attached hydrogens (tertiary/aromatic N) is 4. The first kappa shape index (κ1) is 40.9. The average Bonchev–Trinajstić information content (AvgIpc) is 3.39. The molecule has 10 aromatic rings. The van der Waals surface area contributed by atoms with Crippen LogP contribution < -0.4 is 5.73 Å². The summed E-state index contributed by atoms with van der Waals surface area (Å²) in [6, 6.07) is 80.9. The molecule has 0 saturated heterocycles. The van der Waals surface area contributed by atoms with Gasteiger partial charge in [0.15, 0.2) is 5.84 Å². The highest BCUT2D eigenvalue weighted by Gasteiger charge is 2.16. The molecule has 0 atom stereocenters. The summed E-state index contributed by atoms with van der Waals surface area (Å²) in [7, 11) is 0. The fraction of sp³-hybridized carbons (Fsp3) is 0.0164. The van der Waals surface area contributed by atoms with E-state index in [1.165, 1.54) is 27.1 Å². The summed E-state index contributed by atoms with van der Waals surface area (Å²) in [6.07, 6.45) is 0. The first-order valence-corrected chi connectivity index (χ1v) is 21.8. The molecule has 10 rings (SSSR count). The number of rotatable bonds is 9. The highest BCUT2D eigenvalue weighted by Crippen LogP contribution is 2.39. The minimum absolute atomic E-state index is 0.366. The Bertz CT molecular complexity index is 3570. The summed E-state index contributed by atoms with van der Waals surface area (Å²) in [5.74, 6) is 0.870. The van der Waals surface area contributed by atoms with Gasteiger partial charge in [0.1, 0.15) is 5.84 Å². The van der Waals surface area contributed by atoms with Crippen molar-refractivity contribution >= 4 is 33.2 Å². The largest absolute Gasteiger partial charge is 0.383 e. The van der Waals surface area contributed by atoms with E-state index < -0.39 is 0 Å². The van der Waals surface area contributed by atoms with E-state index in [1.807, 2.05) is 91.0 Å². The van der Waals surface area contributed by atoms with Crippen LogP contribution in [0.3, 0.4) is 0 Å². The van der Waals surface area contributed by atoms with Gasteiger partial charge >= 0.3 is 0 Å². The summed E-state index contributed by atoms with van der Waals surface area (Å²) in [4.78, 5) is 9.93. The van der Waals surface area contributed by atoms with Crippen molar-refractivity contribution in [1.29, 1.82) is 10.5 Å². The van der Waals surface area contributed by atoms with Gasteiger partial charge in [-0.1, -0.05) is 188 Å². The number of nitrogens with two attached hydrogens (primary N) is 1. The lowest BCUT2D eigenvalue weighted by Crippen LogP contribution is -2.16. The molecular weight excluding hydrogens is 803 g/mol. The van der Waals surface area contributed by atoms with E-state index in [9.17, 15) is 10.5 Å². The molecular formula is C61H41N5. The molecule has 0 fully saturated rings. The van der Waals surface area contributed by atoms with Crippen LogP contribution in [0.2, 0.25) is 0 Å². The van der Waals surface area contributed by atoms with Crippen LogP contribution in [0.1, 0.15) is 27.8 Å². The Morgan fingerprint density at radius 3 is 1.82 bits per heavy atom. The highest BCUT2D eigenvalue weighted by molar-refractivity contribution is 6.14. The van der Waals surface area contributed by atoms with E-state index in [2.05, 4.69) is 146 Å². The summed E-state index contributed by atoms with van der Waals surface area (Å²) in [5, 5.41) is 24.7. The van der Waals surface area contributed by atoms with Crippen molar-refractivity contribution in [2.75, 3.05) is 0 Å². The van der Waals surface area contributed by atoms with Crippen LogP contribution in [0.15, 0.2) is 234 Å². The lowest BCUT2D eigenvalue weighted by molar-refractivity contribution is 1.06. The molecule has 66 heavy (non-hydrogen) atoms. The van der Waals surface area contributed by atoms with Crippen LogP contribution in [0.5, 0.6) is 0 Å². The van der Waals surface area contributed by atoms with Crippen LogP contribution >= 0.6 is 0 Å². The van der Waals surface area contributed by atoms with Gasteiger partial charge in [-0.3, -0.25) is 4.99 Å². The normalized spacial score (nSPS) is 11.6. The van der Waals surface area contributed by atoms with E-state index >= 15 is 0 Å². The van der Waals surface area contributed by atoms with E-state index in [0.29, 0.717) is 29.3 Å². The molecule has 0 spiro atoms. The first-order valence-electron chi connectivity index (χ1n) is 21.8.